The maximum absolute atomic E-state index is 13.0. The van der Waals surface area contributed by atoms with E-state index in [1.807, 2.05) is 17.5 Å². The van der Waals surface area contributed by atoms with Crippen LogP contribution in [0.15, 0.2) is 81.9 Å². The van der Waals surface area contributed by atoms with Gasteiger partial charge in [0.1, 0.15) is 0 Å². The van der Waals surface area contributed by atoms with E-state index < -0.39 is 27.1 Å². The topological polar surface area (TPSA) is 104 Å². The first-order chi connectivity index (χ1) is 16.8. The number of hydrogen-bond acceptors (Lipinski definition) is 7. The lowest BCUT2D eigenvalue weighted by Gasteiger charge is -2.19. The molecule has 4 rings (SSSR count). The first-order valence-corrected chi connectivity index (χ1v) is 13.6. The number of nitrogens with one attached hydrogen (secondary N) is 1. The molecule has 0 unspecified atom stereocenters. The summed E-state index contributed by atoms with van der Waals surface area (Å²) in [5.74, 6) is -0.912. The predicted octanol–water partition coefficient (Wildman–Crippen LogP) is 4.04. The highest BCUT2D eigenvalue weighted by molar-refractivity contribution is 8.18. The van der Waals surface area contributed by atoms with E-state index >= 15 is 0 Å². The molecule has 0 atom stereocenters. The van der Waals surface area contributed by atoms with E-state index in [9.17, 15) is 22.8 Å². The summed E-state index contributed by atoms with van der Waals surface area (Å²) in [6.45, 7) is 0.0387. The summed E-state index contributed by atoms with van der Waals surface area (Å²) in [6.07, 6.45) is 1.67. The number of carbonyl (C=O) groups excluding carboxylic acids is 3. The van der Waals surface area contributed by atoms with Crippen molar-refractivity contribution >= 4 is 61.9 Å². The van der Waals surface area contributed by atoms with Gasteiger partial charge in [-0.2, -0.15) is 0 Å². The highest BCUT2D eigenvalue weighted by Gasteiger charge is 2.34. The smallest absolute Gasteiger partial charge is 0.293 e. The molecule has 0 aliphatic carbocycles. The van der Waals surface area contributed by atoms with Crippen molar-refractivity contribution in [3.05, 3.63) is 87.5 Å². The van der Waals surface area contributed by atoms with E-state index in [0.717, 1.165) is 25.8 Å². The van der Waals surface area contributed by atoms with Gasteiger partial charge in [0.05, 0.1) is 15.5 Å². The minimum absolute atomic E-state index is 0.00687. The first-order valence-electron chi connectivity index (χ1n) is 10.5. The molecule has 1 aliphatic heterocycles. The van der Waals surface area contributed by atoms with E-state index in [1.165, 1.54) is 42.6 Å². The van der Waals surface area contributed by atoms with Crippen LogP contribution >= 0.6 is 23.1 Å². The van der Waals surface area contributed by atoms with Crippen molar-refractivity contribution in [2.24, 2.45) is 0 Å². The van der Waals surface area contributed by atoms with Crippen molar-refractivity contribution in [2.45, 2.75) is 4.90 Å². The molecule has 11 heteroatoms. The molecule has 3 amide bonds. The molecule has 1 aliphatic rings. The zero-order valence-corrected chi connectivity index (χ0v) is 21.0. The molecule has 0 radical (unpaired) electrons. The monoisotopic (exact) mass is 527 g/mol. The van der Waals surface area contributed by atoms with Crippen LogP contribution in [0.2, 0.25) is 0 Å². The lowest BCUT2D eigenvalue weighted by Crippen LogP contribution is -2.37. The van der Waals surface area contributed by atoms with E-state index in [2.05, 4.69) is 5.32 Å². The molecular weight excluding hydrogens is 506 g/mol. The quantitative estimate of drug-likeness (QED) is 0.444. The molecular formula is C24H21N3O5S3. The fraction of sp³-hybridized carbons (Fsp3) is 0.125. The lowest BCUT2D eigenvalue weighted by atomic mass is 10.2. The second-order valence-corrected chi connectivity index (χ2v) is 11.4. The van der Waals surface area contributed by atoms with Gasteiger partial charge in [0.2, 0.25) is 0 Å². The molecule has 1 fully saturated rings. The number of rotatable bonds is 8. The number of benzene rings is 2. The second kappa shape index (κ2) is 10.5. The summed E-state index contributed by atoms with van der Waals surface area (Å²) in [6, 6.07) is 18.0. The Balaban J connectivity index is 1.39. The molecule has 8 nitrogen and oxygen atoms in total. The third-order valence-corrected chi connectivity index (χ3v) is 8.69. The number of nitrogens with zero attached hydrogens (tertiary/aromatic N) is 2. The Morgan fingerprint density at radius 2 is 1.83 bits per heavy atom. The van der Waals surface area contributed by atoms with Crippen molar-refractivity contribution in [1.82, 2.24) is 10.2 Å². The van der Waals surface area contributed by atoms with Gasteiger partial charge in [0.25, 0.3) is 27.1 Å². The van der Waals surface area contributed by atoms with Crippen LogP contribution < -0.4 is 9.62 Å². The molecule has 1 saturated heterocycles. The molecule has 1 aromatic heterocycles. The van der Waals surface area contributed by atoms with E-state index in [-0.39, 0.29) is 23.5 Å². The van der Waals surface area contributed by atoms with Crippen LogP contribution in [0.1, 0.15) is 15.2 Å². The minimum atomic E-state index is -3.88. The number of imide groups is 1. The second-order valence-electron chi connectivity index (χ2n) is 7.44. The molecule has 1 N–H and O–H groups in total. The van der Waals surface area contributed by atoms with Crippen LogP contribution in [0.3, 0.4) is 0 Å². The molecule has 180 valence electrons. The van der Waals surface area contributed by atoms with Crippen molar-refractivity contribution in [3.63, 3.8) is 0 Å². The Kier molecular flexibility index (Phi) is 7.39. The van der Waals surface area contributed by atoms with Gasteiger partial charge in [0, 0.05) is 30.6 Å². The van der Waals surface area contributed by atoms with Crippen molar-refractivity contribution in [2.75, 3.05) is 24.4 Å². The number of thioether (sulfide) groups is 1. The van der Waals surface area contributed by atoms with Crippen LogP contribution in [0.4, 0.5) is 10.5 Å². The van der Waals surface area contributed by atoms with Crippen LogP contribution in [0, 0.1) is 0 Å². The van der Waals surface area contributed by atoms with Crippen LogP contribution in [-0.2, 0) is 14.8 Å². The van der Waals surface area contributed by atoms with Crippen molar-refractivity contribution < 1.29 is 22.8 Å². The zero-order valence-electron chi connectivity index (χ0n) is 18.6. The summed E-state index contributed by atoms with van der Waals surface area (Å²) >= 11 is 2.32. The molecule has 2 heterocycles. The molecule has 35 heavy (non-hydrogen) atoms. The highest BCUT2D eigenvalue weighted by atomic mass is 32.2. The summed E-state index contributed by atoms with van der Waals surface area (Å²) in [5.41, 5.74) is 0.645. The summed E-state index contributed by atoms with van der Waals surface area (Å²) in [5, 5.41) is 4.13. The van der Waals surface area contributed by atoms with E-state index in [1.54, 1.807) is 36.4 Å². The highest BCUT2D eigenvalue weighted by Crippen LogP contribution is 2.32. The van der Waals surface area contributed by atoms with Gasteiger partial charge in [-0.1, -0.05) is 30.3 Å². The number of carbonyl (C=O) groups is 3. The number of para-hydroxylation sites is 1. The minimum Gasteiger partial charge on any atom is -0.350 e. The van der Waals surface area contributed by atoms with Gasteiger partial charge in [0.15, 0.2) is 0 Å². The van der Waals surface area contributed by atoms with E-state index in [0.29, 0.717) is 10.6 Å². The maximum Gasteiger partial charge on any atom is 0.293 e. The fourth-order valence-corrected chi connectivity index (χ4v) is 6.14. The summed E-state index contributed by atoms with van der Waals surface area (Å²) < 4.78 is 27.2. The number of hydrogen-bond donors (Lipinski definition) is 1. The first kappa shape index (κ1) is 24.7. The third-order valence-electron chi connectivity index (χ3n) is 5.19. The predicted molar refractivity (Wildman–Crippen MR) is 138 cm³/mol. The zero-order chi connectivity index (χ0) is 25.0. The van der Waals surface area contributed by atoms with Gasteiger partial charge in [-0.05, 0) is 59.6 Å². The average molecular weight is 528 g/mol. The van der Waals surface area contributed by atoms with Crippen molar-refractivity contribution in [3.8, 4) is 0 Å². The Bertz CT molecular complexity index is 1390. The summed E-state index contributed by atoms with van der Waals surface area (Å²) in [7, 11) is -2.43. The van der Waals surface area contributed by atoms with Crippen LogP contribution in [-0.4, -0.2) is 50.5 Å². The molecule has 0 bridgehead atoms. The van der Waals surface area contributed by atoms with Gasteiger partial charge >= 0.3 is 0 Å². The Morgan fingerprint density at radius 3 is 2.54 bits per heavy atom. The number of sulfonamides is 1. The van der Waals surface area contributed by atoms with Crippen LogP contribution in [0.25, 0.3) is 6.08 Å². The largest absolute Gasteiger partial charge is 0.350 e. The number of amides is 3. The fourth-order valence-electron chi connectivity index (χ4n) is 3.31. The summed E-state index contributed by atoms with van der Waals surface area (Å²) in [4.78, 5) is 39.7. The maximum atomic E-state index is 13.0. The Morgan fingerprint density at radius 1 is 1.06 bits per heavy atom. The molecule has 0 spiro atoms. The average Bonchev–Trinajstić information content (AvgIpc) is 3.47. The third kappa shape index (κ3) is 5.47. The number of thiophene rings is 1. The molecule has 0 saturated carbocycles. The van der Waals surface area contributed by atoms with Crippen LogP contribution in [0.5, 0.6) is 0 Å². The number of anilines is 1. The Hall–Kier alpha value is -3.41. The standard InChI is InChI=1S/C24H21N3O5S3/c1-26(18-8-3-2-4-9-18)35(31,32)20-11-5-7-17(15-20)22(28)25-12-13-27-23(29)21(34-24(27)30)16-19-10-6-14-33-19/h2-11,14-16H,12-13H2,1H3,(H,25,28)/b21-16+. The molecule has 3 aromatic rings. The van der Waals surface area contributed by atoms with Gasteiger partial charge in [-0.25, -0.2) is 8.42 Å². The van der Waals surface area contributed by atoms with Gasteiger partial charge < -0.3 is 5.32 Å². The van der Waals surface area contributed by atoms with Crippen molar-refractivity contribution in [1.29, 1.82) is 0 Å². The van der Waals surface area contributed by atoms with Gasteiger partial charge in [-0.3, -0.25) is 23.6 Å². The molecule has 2 aromatic carbocycles. The SMILES string of the molecule is CN(c1ccccc1)S(=O)(=O)c1cccc(C(=O)NCCN2C(=O)S/C(=C/c3cccs3)C2=O)c1. The lowest BCUT2D eigenvalue weighted by molar-refractivity contribution is -0.122. The normalized spacial score (nSPS) is 15.0. The van der Waals surface area contributed by atoms with Gasteiger partial charge in [-0.15, -0.1) is 11.3 Å². The van der Waals surface area contributed by atoms with E-state index in [4.69, 9.17) is 0 Å². The Labute approximate surface area is 211 Å².